The van der Waals surface area contributed by atoms with Crippen molar-refractivity contribution < 1.29 is 0 Å². The van der Waals surface area contributed by atoms with Gasteiger partial charge in [0.15, 0.2) is 0 Å². The van der Waals surface area contributed by atoms with Crippen LogP contribution in [0.25, 0.3) is 0 Å². The molecule has 2 nitrogen and oxygen atoms in total. The minimum absolute atomic E-state index is 0.498. The molecule has 3 fully saturated rings. The number of rotatable bonds is 1. The van der Waals surface area contributed by atoms with Crippen molar-refractivity contribution in [2.75, 3.05) is 20.1 Å². The minimum Gasteiger partial charge on any atom is -0.308 e. The molecule has 1 saturated heterocycles. The molecule has 1 atom stereocenters. The standard InChI is InChI=1S/C13H24N2/c1-15-10-13(7-3-2-4-8-13)14-9-12(15)11-5-6-11/h11-12,14H,2-10H2,1H3. The molecule has 1 heterocycles. The van der Waals surface area contributed by atoms with Crippen LogP contribution < -0.4 is 5.32 Å². The highest BCUT2D eigenvalue weighted by atomic mass is 15.2. The molecule has 3 aliphatic rings. The van der Waals surface area contributed by atoms with E-state index in [1.165, 1.54) is 58.0 Å². The van der Waals surface area contributed by atoms with Crippen molar-refractivity contribution >= 4 is 0 Å². The van der Waals surface area contributed by atoms with E-state index in [1.807, 2.05) is 0 Å². The van der Waals surface area contributed by atoms with Gasteiger partial charge in [0.05, 0.1) is 0 Å². The van der Waals surface area contributed by atoms with Gasteiger partial charge < -0.3 is 10.2 Å². The quantitative estimate of drug-likeness (QED) is 0.709. The Balaban J connectivity index is 1.64. The fraction of sp³-hybridized carbons (Fsp3) is 1.00. The average molecular weight is 208 g/mol. The molecule has 1 spiro atoms. The average Bonchev–Trinajstić information content (AvgIpc) is 3.03. The Bertz CT molecular complexity index is 229. The minimum atomic E-state index is 0.498. The monoisotopic (exact) mass is 208 g/mol. The molecule has 1 aliphatic heterocycles. The van der Waals surface area contributed by atoms with Gasteiger partial charge in [-0.1, -0.05) is 19.3 Å². The van der Waals surface area contributed by atoms with Crippen LogP contribution >= 0.6 is 0 Å². The summed E-state index contributed by atoms with van der Waals surface area (Å²) in [7, 11) is 2.35. The van der Waals surface area contributed by atoms with Crippen LogP contribution in [0.2, 0.25) is 0 Å². The molecule has 0 aromatic carbocycles. The van der Waals surface area contributed by atoms with Gasteiger partial charge in [0.2, 0.25) is 0 Å². The van der Waals surface area contributed by atoms with Crippen molar-refractivity contribution in [3.05, 3.63) is 0 Å². The third-order valence-corrected chi connectivity index (χ3v) is 4.78. The molecule has 86 valence electrons. The number of hydrogen-bond acceptors (Lipinski definition) is 2. The van der Waals surface area contributed by atoms with Crippen molar-refractivity contribution in [2.24, 2.45) is 5.92 Å². The van der Waals surface area contributed by atoms with Gasteiger partial charge in [0.1, 0.15) is 0 Å². The Kier molecular flexibility index (Phi) is 2.52. The molecule has 2 aliphatic carbocycles. The Hall–Kier alpha value is -0.0800. The summed E-state index contributed by atoms with van der Waals surface area (Å²) in [6, 6.07) is 0.845. The van der Waals surface area contributed by atoms with E-state index in [0.29, 0.717) is 5.54 Å². The predicted octanol–water partition coefficient (Wildman–Crippen LogP) is 2.00. The molecule has 0 aromatic heterocycles. The molecular formula is C13H24N2. The summed E-state index contributed by atoms with van der Waals surface area (Å²) < 4.78 is 0. The fourth-order valence-corrected chi connectivity index (χ4v) is 3.70. The van der Waals surface area contributed by atoms with Gasteiger partial charge in [0.25, 0.3) is 0 Å². The zero-order valence-corrected chi connectivity index (χ0v) is 9.97. The van der Waals surface area contributed by atoms with Gasteiger partial charge >= 0.3 is 0 Å². The largest absolute Gasteiger partial charge is 0.308 e. The van der Waals surface area contributed by atoms with Crippen LogP contribution in [0.1, 0.15) is 44.9 Å². The normalized spacial score (nSPS) is 37.0. The first-order chi connectivity index (χ1) is 7.29. The highest BCUT2D eigenvalue weighted by Crippen LogP contribution is 2.39. The molecule has 1 N–H and O–H groups in total. The predicted molar refractivity (Wildman–Crippen MR) is 63.0 cm³/mol. The van der Waals surface area contributed by atoms with Crippen molar-refractivity contribution in [1.82, 2.24) is 10.2 Å². The number of piperazine rings is 1. The second-order valence-electron chi connectivity index (χ2n) is 6.04. The van der Waals surface area contributed by atoms with E-state index in [-0.39, 0.29) is 0 Å². The maximum atomic E-state index is 3.89. The van der Waals surface area contributed by atoms with Gasteiger partial charge in [-0.25, -0.2) is 0 Å². The summed E-state index contributed by atoms with van der Waals surface area (Å²) in [5, 5.41) is 3.89. The van der Waals surface area contributed by atoms with Crippen LogP contribution in [0.15, 0.2) is 0 Å². The third-order valence-electron chi connectivity index (χ3n) is 4.78. The van der Waals surface area contributed by atoms with Crippen molar-refractivity contribution in [3.63, 3.8) is 0 Å². The summed E-state index contributed by atoms with van der Waals surface area (Å²) in [6.07, 6.45) is 10.1. The zero-order chi connectivity index (χ0) is 10.3. The van der Waals surface area contributed by atoms with Gasteiger partial charge in [-0.2, -0.15) is 0 Å². The van der Waals surface area contributed by atoms with Crippen molar-refractivity contribution in [2.45, 2.75) is 56.5 Å². The summed E-state index contributed by atoms with van der Waals surface area (Å²) in [4.78, 5) is 2.65. The van der Waals surface area contributed by atoms with Crippen molar-refractivity contribution in [1.29, 1.82) is 0 Å². The topological polar surface area (TPSA) is 15.3 Å². The lowest BCUT2D eigenvalue weighted by Crippen LogP contribution is -2.64. The van der Waals surface area contributed by atoms with Crippen LogP contribution in [0, 0.1) is 5.92 Å². The molecule has 0 amide bonds. The molecule has 0 radical (unpaired) electrons. The molecular weight excluding hydrogens is 184 g/mol. The second kappa shape index (κ2) is 3.74. The maximum Gasteiger partial charge on any atom is 0.0309 e. The van der Waals surface area contributed by atoms with Crippen LogP contribution in [-0.4, -0.2) is 36.6 Å². The fourth-order valence-electron chi connectivity index (χ4n) is 3.70. The van der Waals surface area contributed by atoms with E-state index in [1.54, 1.807) is 0 Å². The number of hydrogen-bond donors (Lipinski definition) is 1. The van der Waals surface area contributed by atoms with Crippen LogP contribution in [-0.2, 0) is 0 Å². The third kappa shape index (κ3) is 1.94. The lowest BCUT2D eigenvalue weighted by molar-refractivity contribution is 0.0664. The van der Waals surface area contributed by atoms with Gasteiger partial charge in [0, 0.05) is 24.7 Å². The van der Waals surface area contributed by atoms with E-state index in [2.05, 4.69) is 17.3 Å². The Morgan fingerprint density at radius 3 is 2.47 bits per heavy atom. The molecule has 1 unspecified atom stereocenters. The first kappa shape index (κ1) is 10.1. The highest BCUT2D eigenvalue weighted by molar-refractivity contribution is 5.02. The summed E-state index contributed by atoms with van der Waals surface area (Å²) in [5.74, 6) is 1.02. The number of likely N-dealkylation sites (N-methyl/N-ethyl adjacent to an activating group) is 1. The van der Waals surface area contributed by atoms with Gasteiger partial charge in [-0.15, -0.1) is 0 Å². The summed E-state index contributed by atoms with van der Waals surface area (Å²) in [6.45, 7) is 2.55. The lowest BCUT2D eigenvalue weighted by atomic mass is 9.79. The van der Waals surface area contributed by atoms with Gasteiger partial charge in [-0.05, 0) is 38.6 Å². The molecule has 0 bridgehead atoms. The van der Waals surface area contributed by atoms with E-state index < -0.39 is 0 Å². The summed E-state index contributed by atoms with van der Waals surface area (Å²) >= 11 is 0. The van der Waals surface area contributed by atoms with Crippen LogP contribution in [0.5, 0.6) is 0 Å². The van der Waals surface area contributed by atoms with Gasteiger partial charge in [-0.3, -0.25) is 0 Å². The SMILES string of the molecule is CN1CC2(CCCCC2)NCC1C1CC1. The number of nitrogens with one attached hydrogen (secondary N) is 1. The Morgan fingerprint density at radius 1 is 1.13 bits per heavy atom. The first-order valence-corrected chi connectivity index (χ1v) is 6.74. The summed E-state index contributed by atoms with van der Waals surface area (Å²) in [5.41, 5.74) is 0.498. The number of nitrogens with zero attached hydrogens (tertiary/aromatic N) is 1. The van der Waals surface area contributed by atoms with Crippen molar-refractivity contribution in [3.8, 4) is 0 Å². The Labute approximate surface area is 93.4 Å². The van der Waals surface area contributed by atoms with E-state index >= 15 is 0 Å². The molecule has 2 saturated carbocycles. The maximum absolute atomic E-state index is 3.89. The van der Waals surface area contributed by atoms with E-state index in [0.717, 1.165) is 12.0 Å². The van der Waals surface area contributed by atoms with E-state index in [9.17, 15) is 0 Å². The first-order valence-electron chi connectivity index (χ1n) is 6.74. The second-order valence-corrected chi connectivity index (χ2v) is 6.04. The highest BCUT2D eigenvalue weighted by Gasteiger charge is 2.43. The lowest BCUT2D eigenvalue weighted by Gasteiger charge is -2.48. The Morgan fingerprint density at radius 2 is 1.87 bits per heavy atom. The van der Waals surface area contributed by atoms with E-state index in [4.69, 9.17) is 0 Å². The molecule has 2 heteroatoms. The van der Waals surface area contributed by atoms with Crippen LogP contribution in [0.3, 0.4) is 0 Å². The zero-order valence-electron chi connectivity index (χ0n) is 9.97. The smallest absolute Gasteiger partial charge is 0.0309 e. The van der Waals surface area contributed by atoms with Crippen LogP contribution in [0.4, 0.5) is 0 Å². The molecule has 0 aromatic rings. The molecule has 15 heavy (non-hydrogen) atoms. The molecule has 3 rings (SSSR count).